The van der Waals surface area contributed by atoms with Crippen LogP contribution in [-0.4, -0.2) is 42.4 Å². The van der Waals surface area contributed by atoms with E-state index in [2.05, 4.69) is 39.7 Å². The summed E-state index contributed by atoms with van der Waals surface area (Å²) in [6.07, 6.45) is 0. The van der Waals surface area contributed by atoms with Gasteiger partial charge in [0.1, 0.15) is 0 Å². The average molecular weight is 389 g/mol. The monoisotopic (exact) mass is 388 g/mol. The van der Waals surface area contributed by atoms with E-state index in [9.17, 15) is 8.42 Å². The predicted octanol–water partition coefficient (Wildman–Crippen LogP) is 2.93. The Morgan fingerprint density at radius 1 is 1.38 bits per heavy atom. The van der Waals surface area contributed by atoms with Crippen LogP contribution in [0.25, 0.3) is 0 Å². The first-order valence-electron chi connectivity index (χ1n) is 6.85. The number of anilines is 1. The van der Waals surface area contributed by atoms with E-state index in [0.29, 0.717) is 5.25 Å². The molecule has 0 spiro atoms. The quantitative estimate of drug-likeness (QED) is 0.781. The number of benzene rings is 1. The Bertz CT molecular complexity index is 688. The van der Waals surface area contributed by atoms with Crippen LogP contribution in [0.15, 0.2) is 33.7 Å². The van der Waals surface area contributed by atoms with Gasteiger partial charge >= 0.3 is 0 Å². The molecule has 3 rings (SSSR count). The smallest absolute Gasteiger partial charge is 0.164 e. The van der Waals surface area contributed by atoms with Crippen LogP contribution in [0.1, 0.15) is 13.8 Å². The number of fused-ring (bicyclic) bond motifs is 1. The van der Waals surface area contributed by atoms with Gasteiger partial charge in [-0.1, -0.05) is 47.6 Å². The summed E-state index contributed by atoms with van der Waals surface area (Å²) in [5.41, 5.74) is 1.00. The molecule has 114 valence electrons. The molecule has 2 heterocycles. The number of hydrogen-bond donors (Lipinski definition) is 0. The van der Waals surface area contributed by atoms with Crippen molar-refractivity contribution in [3.63, 3.8) is 0 Å². The maximum Gasteiger partial charge on any atom is 0.164 e. The van der Waals surface area contributed by atoms with E-state index < -0.39 is 9.84 Å². The van der Waals surface area contributed by atoms with Crippen molar-refractivity contribution < 1.29 is 8.42 Å². The summed E-state index contributed by atoms with van der Waals surface area (Å²) < 4.78 is 24.8. The molecule has 2 aliphatic heterocycles. The molecule has 2 atom stereocenters. The SMILES string of the molecule is CC(C)SC1=N[C@@H]2CS(=O)(=O)C[C@@H]2N1c1cccc(Br)c1. The van der Waals surface area contributed by atoms with Crippen molar-refractivity contribution >= 4 is 48.4 Å². The zero-order valence-corrected chi connectivity index (χ0v) is 15.1. The topological polar surface area (TPSA) is 49.7 Å². The van der Waals surface area contributed by atoms with Crippen LogP contribution < -0.4 is 4.90 Å². The fourth-order valence-corrected chi connectivity index (χ4v) is 5.96. The van der Waals surface area contributed by atoms with Crippen LogP contribution in [0, 0.1) is 0 Å². The zero-order chi connectivity index (χ0) is 15.2. The molecule has 0 aromatic heterocycles. The van der Waals surface area contributed by atoms with Gasteiger partial charge in [0.15, 0.2) is 15.0 Å². The minimum atomic E-state index is -2.98. The number of halogens is 1. The van der Waals surface area contributed by atoms with Crippen molar-refractivity contribution in [3.05, 3.63) is 28.7 Å². The number of nitrogens with zero attached hydrogens (tertiary/aromatic N) is 2. The second-order valence-electron chi connectivity index (χ2n) is 5.64. The third kappa shape index (κ3) is 3.14. The lowest BCUT2D eigenvalue weighted by atomic mass is 10.1. The summed E-state index contributed by atoms with van der Waals surface area (Å²) >= 11 is 5.18. The van der Waals surface area contributed by atoms with Gasteiger partial charge in [-0.15, -0.1) is 0 Å². The first-order chi connectivity index (χ1) is 9.85. The number of sulfone groups is 1. The maximum atomic E-state index is 11.9. The van der Waals surface area contributed by atoms with Crippen LogP contribution in [0.4, 0.5) is 5.69 Å². The molecule has 2 aliphatic rings. The van der Waals surface area contributed by atoms with Gasteiger partial charge in [-0.2, -0.15) is 0 Å². The molecular weight excluding hydrogens is 372 g/mol. The van der Waals surface area contributed by atoms with E-state index in [0.717, 1.165) is 15.3 Å². The van der Waals surface area contributed by atoms with Crippen LogP contribution in [0.3, 0.4) is 0 Å². The predicted molar refractivity (Wildman–Crippen MR) is 93.0 cm³/mol. The highest BCUT2D eigenvalue weighted by Crippen LogP contribution is 2.36. The number of hydrogen-bond acceptors (Lipinski definition) is 5. The highest BCUT2D eigenvalue weighted by Gasteiger charge is 2.47. The molecule has 0 radical (unpaired) electrons. The minimum absolute atomic E-state index is 0.0643. The van der Waals surface area contributed by atoms with E-state index >= 15 is 0 Å². The second-order valence-corrected chi connectivity index (χ2v) is 10.3. The van der Waals surface area contributed by atoms with Gasteiger partial charge in [0, 0.05) is 15.4 Å². The van der Waals surface area contributed by atoms with Crippen LogP contribution >= 0.6 is 27.7 Å². The molecular formula is C14H17BrN2O2S2. The number of amidine groups is 1. The Morgan fingerprint density at radius 2 is 2.14 bits per heavy atom. The van der Waals surface area contributed by atoms with Crippen molar-refractivity contribution in [2.24, 2.45) is 4.99 Å². The molecule has 0 bridgehead atoms. The van der Waals surface area contributed by atoms with Gasteiger partial charge in [-0.25, -0.2) is 8.42 Å². The summed E-state index contributed by atoms with van der Waals surface area (Å²) in [5, 5.41) is 1.35. The van der Waals surface area contributed by atoms with E-state index in [1.165, 1.54) is 0 Å². The first kappa shape index (κ1) is 15.4. The zero-order valence-electron chi connectivity index (χ0n) is 11.9. The summed E-state index contributed by atoms with van der Waals surface area (Å²) in [6, 6.07) is 7.77. The molecule has 1 saturated heterocycles. The standard InChI is InChI=1S/C14H17BrN2O2S2/c1-9(2)20-14-16-12-7-21(18,19)8-13(12)17(14)11-5-3-4-10(15)6-11/h3-6,9,12-13H,7-8H2,1-2H3/t12-,13+/m1/s1. The Balaban J connectivity index is 2.00. The summed E-state index contributed by atoms with van der Waals surface area (Å²) in [7, 11) is -2.98. The second kappa shape index (κ2) is 5.59. The van der Waals surface area contributed by atoms with E-state index in [4.69, 9.17) is 0 Å². The van der Waals surface area contributed by atoms with Gasteiger partial charge in [0.2, 0.25) is 0 Å². The lowest BCUT2D eigenvalue weighted by Crippen LogP contribution is -2.39. The normalized spacial score (nSPS) is 27.0. The van der Waals surface area contributed by atoms with Crippen molar-refractivity contribution in [1.29, 1.82) is 0 Å². The van der Waals surface area contributed by atoms with E-state index in [-0.39, 0.29) is 23.6 Å². The lowest BCUT2D eigenvalue weighted by Gasteiger charge is -2.27. The third-order valence-corrected chi connectivity index (χ3v) is 6.71. The molecule has 0 aliphatic carbocycles. The molecule has 0 N–H and O–H groups in total. The Kier molecular flexibility index (Phi) is 4.09. The molecule has 0 amide bonds. The molecule has 0 saturated carbocycles. The summed E-state index contributed by atoms with van der Waals surface area (Å²) in [4.78, 5) is 6.79. The number of rotatable bonds is 2. The van der Waals surface area contributed by atoms with Gasteiger partial charge < -0.3 is 4.90 Å². The third-order valence-electron chi connectivity index (χ3n) is 3.54. The molecule has 1 fully saturated rings. The fourth-order valence-electron chi connectivity index (χ4n) is 2.75. The molecule has 0 unspecified atom stereocenters. The van der Waals surface area contributed by atoms with Crippen molar-refractivity contribution in [2.45, 2.75) is 31.2 Å². The van der Waals surface area contributed by atoms with Crippen LogP contribution in [-0.2, 0) is 9.84 Å². The van der Waals surface area contributed by atoms with Crippen LogP contribution in [0.2, 0.25) is 0 Å². The fraction of sp³-hybridized carbons (Fsp3) is 0.500. The molecule has 1 aromatic rings. The molecule has 21 heavy (non-hydrogen) atoms. The Morgan fingerprint density at radius 3 is 2.81 bits per heavy atom. The maximum absolute atomic E-state index is 11.9. The van der Waals surface area contributed by atoms with Gasteiger partial charge in [-0.05, 0) is 18.2 Å². The van der Waals surface area contributed by atoms with Gasteiger partial charge in [0.05, 0.1) is 23.6 Å². The Hall–Kier alpha value is -0.530. The van der Waals surface area contributed by atoms with Crippen molar-refractivity contribution in [3.8, 4) is 0 Å². The molecule has 4 nitrogen and oxygen atoms in total. The summed E-state index contributed by atoms with van der Waals surface area (Å²) in [5.74, 6) is 0.361. The Labute approximate surface area is 138 Å². The average Bonchev–Trinajstić information content (AvgIpc) is 2.79. The largest absolute Gasteiger partial charge is 0.315 e. The van der Waals surface area contributed by atoms with Gasteiger partial charge in [-0.3, -0.25) is 4.99 Å². The highest BCUT2D eigenvalue weighted by atomic mass is 79.9. The first-order valence-corrected chi connectivity index (χ1v) is 10.3. The van der Waals surface area contributed by atoms with E-state index in [1.54, 1.807) is 11.8 Å². The van der Waals surface area contributed by atoms with E-state index in [1.807, 2.05) is 24.3 Å². The summed E-state index contributed by atoms with van der Waals surface area (Å²) in [6.45, 7) is 4.24. The van der Waals surface area contributed by atoms with Crippen molar-refractivity contribution in [2.75, 3.05) is 16.4 Å². The number of aliphatic imine (C=N–C) groups is 1. The molecule has 1 aromatic carbocycles. The highest BCUT2D eigenvalue weighted by molar-refractivity contribution is 9.10. The lowest BCUT2D eigenvalue weighted by molar-refractivity contribution is 0.601. The minimum Gasteiger partial charge on any atom is -0.315 e. The van der Waals surface area contributed by atoms with Gasteiger partial charge in [0.25, 0.3) is 0 Å². The number of thioether (sulfide) groups is 1. The van der Waals surface area contributed by atoms with Crippen molar-refractivity contribution in [1.82, 2.24) is 0 Å². The van der Waals surface area contributed by atoms with Crippen LogP contribution in [0.5, 0.6) is 0 Å². The molecule has 7 heteroatoms.